The molecular weight excluding hydrogens is 190 g/mol. The molecule has 1 aliphatic rings. The van der Waals surface area contributed by atoms with Crippen LogP contribution in [0.15, 0.2) is 18.2 Å². The second-order valence-electron chi connectivity index (χ2n) is 3.51. The first-order chi connectivity index (χ1) is 7.31. The minimum atomic E-state index is 0.341. The summed E-state index contributed by atoms with van der Waals surface area (Å²) in [6, 6.07) is 7.77. The Kier molecular flexibility index (Phi) is 2.75. The van der Waals surface area contributed by atoms with Gasteiger partial charge in [-0.15, -0.1) is 0 Å². The summed E-state index contributed by atoms with van der Waals surface area (Å²) >= 11 is 0. The molecule has 78 valence electrons. The molecule has 1 aliphatic heterocycles. The Morgan fingerprint density at radius 2 is 2.40 bits per heavy atom. The van der Waals surface area contributed by atoms with Crippen molar-refractivity contribution in [1.29, 1.82) is 5.26 Å². The molecule has 2 N–H and O–H groups in total. The molecule has 1 aromatic carbocycles. The first kappa shape index (κ1) is 9.81. The number of rotatable bonds is 2. The molecule has 1 aromatic rings. The highest BCUT2D eigenvalue weighted by atomic mass is 16.7. The Bertz CT molecular complexity index is 391. The molecule has 2 rings (SSSR count). The van der Waals surface area contributed by atoms with Crippen LogP contribution in [0, 0.1) is 11.3 Å². The molecule has 0 unspecified atom stereocenters. The van der Waals surface area contributed by atoms with Gasteiger partial charge in [0, 0.05) is 12.2 Å². The molecule has 0 atom stereocenters. The fourth-order valence-corrected chi connectivity index (χ4v) is 1.64. The van der Waals surface area contributed by atoms with Gasteiger partial charge in [-0.1, -0.05) is 0 Å². The van der Waals surface area contributed by atoms with Crippen LogP contribution in [0.2, 0.25) is 0 Å². The van der Waals surface area contributed by atoms with Crippen LogP contribution in [0.4, 0.5) is 11.4 Å². The number of hydrogen-bond acceptors (Lipinski definition) is 4. The number of nitrogens with two attached hydrogens (primary N) is 1. The van der Waals surface area contributed by atoms with Gasteiger partial charge in [0.2, 0.25) is 0 Å². The number of nitrogen functional groups attached to an aromatic ring is 1. The number of nitrogens with zero attached hydrogens (tertiary/aromatic N) is 2. The summed E-state index contributed by atoms with van der Waals surface area (Å²) in [6.07, 6.45) is 1.38. The first-order valence-electron chi connectivity index (χ1n) is 4.97. The third kappa shape index (κ3) is 2.03. The van der Waals surface area contributed by atoms with E-state index in [1.54, 1.807) is 0 Å². The zero-order chi connectivity index (χ0) is 10.7. The van der Waals surface area contributed by atoms with Crippen LogP contribution in [0.3, 0.4) is 0 Å². The van der Waals surface area contributed by atoms with Crippen LogP contribution < -0.4 is 10.8 Å². The van der Waals surface area contributed by atoms with Crippen molar-refractivity contribution < 1.29 is 4.84 Å². The zero-order valence-electron chi connectivity index (χ0n) is 8.44. The van der Waals surface area contributed by atoms with Crippen molar-refractivity contribution in [1.82, 2.24) is 0 Å². The fourth-order valence-electron chi connectivity index (χ4n) is 1.64. The summed E-state index contributed by atoms with van der Waals surface area (Å²) in [5.74, 6) is 0. The van der Waals surface area contributed by atoms with Crippen LogP contribution >= 0.6 is 0 Å². The number of hydrogen-bond donors (Lipinski definition) is 1. The van der Waals surface area contributed by atoms with Crippen molar-refractivity contribution in [2.24, 2.45) is 0 Å². The quantitative estimate of drug-likeness (QED) is 0.739. The van der Waals surface area contributed by atoms with E-state index >= 15 is 0 Å². The first-order valence-corrected chi connectivity index (χ1v) is 4.97. The van der Waals surface area contributed by atoms with Crippen molar-refractivity contribution in [2.75, 3.05) is 23.9 Å². The maximum Gasteiger partial charge on any atom is 0.0766 e. The lowest BCUT2D eigenvalue weighted by atomic mass is 10.1. The SMILES string of the molecule is N#CCc1cc(N2CCCO2)ccc1N. The Hall–Kier alpha value is -1.73. The number of nitriles is 1. The van der Waals surface area contributed by atoms with E-state index in [2.05, 4.69) is 6.07 Å². The van der Waals surface area contributed by atoms with Crippen molar-refractivity contribution >= 4 is 11.4 Å². The van der Waals surface area contributed by atoms with E-state index in [0.29, 0.717) is 12.1 Å². The highest BCUT2D eigenvalue weighted by molar-refractivity contribution is 5.58. The minimum Gasteiger partial charge on any atom is -0.398 e. The lowest BCUT2D eigenvalue weighted by Gasteiger charge is -2.17. The number of hydroxylamine groups is 1. The normalized spacial score (nSPS) is 15.3. The van der Waals surface area contributed by atoms with E-state index < -0.39 is 0 Å². The number of benzene rings is 1. The predicted octanol–water partition coefficient (Wildman–Crippen LogP) is 1.48. The highest BCUT2D eigenvalue weighted by Gasteiger charge is 2.14. The largest absolute Gasteiger partial charge is 0.398 e. The van der Waals surface area contributed by atoms with Gasteiger partial charge >= 0.3 is 0 Å². The van der Waals surface area contributed by atoms with E-state index in [0.717, 1.165) is 30.8 Å². The molecule has 0 aromatic heterocycles. The van der Waals surface area contributed by atoms with Crippen molar-refractivity contribution in [3.63, 3.8) is 0 Å². The van der Waals surface area contributed by atoms with E-state index in [4.69, 9.17) is 15.8 Å². The lowest BCUT2D eigenvalue weighted by molar-refractivity contribution is 0.168. The minimum absolute atomic E-state index is 0.341. The van der Waals surface area contributed by atoms with Gasteiger partial charge in [-0.2, -0.15) is 5.26 Å². The van der Waals surface area contributed by atoms with Crippen LogP contribution in [0.5, 0.6) is 0 Å². The van der Waals surface area contributed by atoms with Crippen LogP contribution in [0.25, 0.3) is 0 Å². The molecule has 0 aliphatic carbocycles. The molecule has 0 bridgehead atoms. The Morgan fingerprint density at radius 3 is 3.07 bits per heavy atom. The van der Waals surface area contributed by atoms with Gasteiger partial charge in [0.1, 0.15) is 0 Å². The second-order valence-corrected chi connectivity index (χ2v) is 3.51. The Balaban J connectivity index is 2.25. The summed E-state index contributed by atoms with van der Waals surface area (Å²) < 4.78 is 0. The standard InChI is InChI=1S/C11H13N3O/c12-5-4-9-8-10(2-3-11(9)13)14-6-1-7-15-14/h2-3,8H,1,4,6-7,13H2. The van der Waals surface area contributed by atoms with Crippen molar-refractivity contribution in [3.8, 4) is 6.07 Å². The average molecular weight is 203 g/mol. The van der Waals surface area contributed by atoms with Gasteiger partial charge in [-0.25, -0.2) is 0 Å². The topological polar surface area (TPSA) is 62.3 Å². The van der Waals surface area contributed by atoms with Gasteiger partial charge in [-0.05, 0) is 30.2 Å². The zero-order valence-corrected chi connectivity index (χ0v) is 8.44. The van der Waals surface area contributed by atoms with E-state index in [1.165, 1.54) is 0 Å². The molecular formula is C11H13N3O. The molecule has 1 fully saturated rings. The van der Waals surface area contributed by atoms with Crippen LogP contribution in [-0.4, -0.2) is 13.2 Å². The van der Waals surface area contributed by atoms with Crippen LogP contribution in [-0.2, 0) is 11.3 Å². The van der Waals surface area contributed by atoms with Gasteiger partial charge in [0.05, 0.1) is 24.8 Å². The maximum atomic E-state index is 8.65. The third-order valence-corrected chi connectivity index (χ3v) is 2.44. The third-order valence-electron chi connectivity index (χ3n) is 2.44. The van der Waals surface area contributed by atoms with E-state index in [1.807, 2.05) is 23.3 Å². The Morgan fingerprint density at radius 1 is 1.53 bits per heavy atom. The lowest BCUT2D eigenvalue weighted by Crippen LogP contribution is -2.16. The van der Waals surface area contributed by atoms with E-state index in [9.17, 15) is 0 Å². The van der Waals surface area contributed by atoms with Gasteiger partial charge in [-0.3, -0.25) is 9.90 Å². The van der Waals surface area contributed by atoms with Crippen LogP contribution in [0.1, 0.15) is 12.0 Å². The number of anilines is 2. The van der Waals surface area contributed by atoms with Gasteiger partial charge in [0.15, 0.2) is 0 Å². The summed E-state index contributed by atoms with van der Waals surface area (Å²) in [6.45, 7) is 1.66. The maximum absolute atomic E-state index is 8.65. The predicted molar refractivity (Wildman–Crippen MR) is 58.1 cm³/mol. The molecule has 1 saturated heterocycles. The summed E-state index contributed by atoms with van der Waals surface area (Å²) in [4.78, 5) is 5.42. The molecule has 0 amide bonds. The molecule has 0 saturated carbocycles. The van der Waals surface area contributed by atoms with Gasteiger partial charge < -0.3 is 5.73 Å². The second kappa shape index (κ2) is 4.20. The summed E-state index contributed by atoms with van der Waals surface area (Å²) in [7, 11) is 0. The van der Waals surface area contributed by atoms with Crippen molar-refractivity contribution in [2.45, 2.75) is 12.8 Å². The summed E-state index contributed by atoms with van der Waals surface area (Å²) in [5, 5.41) is 10.5. The smallest absolute Gasteiger partial charge is 0.0766 e. The van der Waals surface area contributed by atoms with Crippen molar-refractivity contribution in [3.05, 3.63) is 23.8 Å². The monoisotopic (exact) mass is 203 g/mol. The Labute approximate surface area is 88.8 Å². The molecule has 4 heteroatoms. The molecule has 4 nitrogen and oxygen atoms in total. The average Bonchev–Trinajstić information content (AvgIpc) is 2.75. The van der Waals surface area contributed by atoms with Gasteiger partial charge in [0.25, 0.3) is 0 Å². The molecule has 0 radical (unpaired) electrons. The molecule has 0 spiro atoms. The molecule has 1 heterocycles. The highest BCUT2D eigenvalue weighted by Crippen LogP contribution is 2.24. The molecule has 15 heavy (non-hydrogen) atoms. The summed E-state index contributed by atoms with van der Waals surface area (Å²) in [5.41, 5.74) is 8.27. The fraction of sp³-hybridized carbons (Fsp3) is 0.364. The van der Waals surface area contributed by atoms with E-state index in [-0.39, 0.29) is 0 Å².